The molecule has 0 aliphatic carbocycles. The first-order valence-corrected chi connectivity index (χ1v) is 10.5. The molecule has 0 radical (unpaired) electrons. The summed E-state index contributed by atoms with van der Waals surface area (Å²) < 4.78 is 10.9. The molecule has 3 rings (SSSR count). The van der Waals surface area contributed by atoms with Gasteiger partial charge in [0, 0.05) is 29.2 Å². The van der Waals surface area contributed by atoms with Gasteiger partial charge in [-0.15, -0.1) is 11.8 Å². The summed E-state index contributed by atoms with van der Waals surface area (Å²) in [4.78, 5) is 36.9. The average molecular weight is 483 g/mol. The standard InChI is InChI=1S/C21H17N5O7S/c1-32-19-10-14(2-8-18(19)33-21-9-5-16(12-22-21)26(30)31)11-23-24-20(27)13-34-17-6-3-15(4-7-17)25(28)29/h2-12H,13H2,1H3,(H,24,27). The van der Waals surface area contributed by atoms with Crippen LogP contribution in [0.1, 0.15) is 5.56 Å². The number of benzene rings is 2. The number of nitro groups is 2. The van der Waals surface area contributed by atoms with E-state index in [1.165, 1.54) is 49.4 Å². The number of rotatable bonds is 10. The number of hydrogen-bond acceptors (Lipinski definition) is 10. The van der Waals surface area contributed by atoms with Crippen LogP contribution in [0, 0.1) is 20.2 Å². The molecule has 2 aromatic carbocycles. The van der Waals surface area contributed by atoms with Gasteiger partial charge in [-0.1, -0.05) is 0 Å². The normalized spacial score (nSPS) is 10.6. The highest BCUT2D eigenvalue weighted by atomic mass is 32.2. The van der Waals surface area contributed by atoms with Crippen molar-refractivity contribution in [3.63, 3.8) is 0 Å². The van der Waals surface area contributed by atoms with E-state index in [0.717, 1.165) is 6.20 Å². The van der Waals surface area contributed by atoms with E-state index in [1.807, 2.05) is 0 Å². The molecular weight excluding hydrogens is 466 g/mol. The Morgan fingerprint density at radius 2 is 1.76 bits per heavy atom. The zero-order chi connectivity index (χ0) is 24.5. The summed E-state index contributed by atoms with van der Waals surface area (Å²) in [5.41, 5.74) is 2.84. The fraction of sp³-hybridized carbons (Fsp3) is 0.0952. The summed E-state index contributed by atoms with van der Waals surface area (Å²) in [5.74, 6) is 0.584. The number of ether oxygens (including phenoxy) is 2. The van der Waals surface area contributed by atoms with Crippen LogP contribution in [0.5, 0.6) is 17.4 Å². The molecule has 0 unspecified atom stereocenters. The third-order valence-electron chi connectivity index (χ3n) is 4.15. The molecule has 0 spiro atoms. The zero-order valence-corrected chi connectivity index (χ0v) is 18.4. The number of carbonyl (C=O) groups excluding carboxylic acids is 1. The topological polar surface area (TPSA) is 159 Å². The molecule has 0 aliphatic heterocycles. The Morgan fingerprint density at radius 3 is 2.38 bits per heavy atom. The lowest BCUT2D eigenvalue weighted by atomic mass is 10.2. The molecule has 1 amide bonds. The van der Waals surface area contributed by atoms with E-state index in [2.05, 4.69) is 15.5 Å². The molecule has 12 nitrogen and oxygen atoms in total. The minimum absolute atomic E-state index is 0.0192. The van der Waals surface area contributed by atoms with Gasteiger partial charge in [-0.05, 0) is 35.9 Å². The number of carbonyl (C=O) groups is 1. The molecule has 174 valence electrons. The fourth-order valence-electron chi connectivity index (χ4n) is 2.53. The zero-order valence-electron chi connectivity index (χ0n) is 17.6. The number of nitrogens with zero attached hydrogens (tertiary/aromatic N) is 4. The van der Waals surface area contributed by atoms with Crippen molar-refractivity contribution >= 4 is 35.3 Å². The van der Waals surface area contributed by atoms with Crippen LogP contribution in [0.3, 0.4) is 0 Å². The largest absolute Gasteiger partial charge is 0.493 e. The van der Waals surface area contributed by atoms with E-state index < -0.39 is 9.85 Å². The Labute approximate surface area is 196 Å². The maximum absolute atomic E-state index is 12.0. The van der Waals surface area contributed by atoms with Crippen molar-refractivity contribution in [2.75, 3.05) is 12.9 Å². The summed E-state index contributed by atoms with van der Waals surface area (Å²) >= 11 is 1.22. The molecule has 0 fully saturated rings. The van der Waals surface area contributed by atoms with E-state index in [0.29, 0.717) is 22.0 Å². The van der Waals surface area contributed by atoms with E-state index >= 15 is 0 Å². The molecular formula is C21H17N5O7S. The third kappa shape index (κ3) is 6.74. The number of non-ortho nitro benzene ring substituents is 1. The van der Waals surface area contributed by atoms with E-state index in [1.54, 1.807) is 30.3 Å². The van der Waals surface area contributed by atoms with Gasteiger partial charge in [0.1, 0.15) is 6.20 Å². The monoisotopic (exact) mass is 483 g/mol. The average Bonchev–Trinajstić information content (AvgIpc) is 2.84. The number of thioether (sulfide) groups is 1. The van der Waals surface area contributed by atoms with Crippen molar-refractivity contribution in [1.82, 2.24) is 10.4 Å². The van der Waals surface area contributed by atoms with Crippen LogP contribution in [0.25, 0.3) is 0 Å². The molecule has 0 aliphatic rings. The summed E-state index contributed by atoms with van der Waals surface area (Å²) in [5, 5.41) is 25.3. The Hall–Kier alpha value is -4.52. The number of pyridine rings is 1. The van der Waals surface area contributed by atoms with E-state index in [4.69, 9.17) is 9.47 Å². The lowest BCUT2D eigenvalue weighted by molar-refractivity contribution is -0.385. The molecule has 13 heteroatoms. The molecule has 34 heavy (non-hydrogen) atoms. The quantitative estimate of drug-likeness (QED) is 0.195. The molecule has 1 heterocycles. The minimum Gasteiger partial charge on any atom is -0.493 e. The fourth-order valence-corrected chi connectivity index (χ4v) is 3.22. The number of methoxy groups -OCH3 is 1. The molecule has 1 aromatic heterocycles. The van der Waals surface area contributed by atoms with Gasteiger partial charge in [-0.3, -0.25) is 25.0 Å². The molecule has 0 atom stereocenters. The maximum Gasteiger partial charge on any atom is 0.287 e. The number of amides is 1. The number of nitrogens with one attached hydrogen (secondary N) is 1. The highest BCUT2D eigenvalue weighted by Crippen LogP contribution is 2.31. The van der Waals surface area contributed by atoms with E-state index in [9.17, 15) is 25.0 Å². The SMILES string of the molecule is COc1cc(C=NNC(=O)CSc2ccc([N+](=O)[O-])cc2)ccc1Oc1ccc([N+](=O)[O-])cn1. The number of aromatic nitrogens is 1. The smallest absolute Gasteiger partial charge is 0.287 e. The van der Waals surface area contributed by atoms with Crippen LogP contribution < -0.4 is 14.9 Å². The molecule has 0 saturated heterocycles. The van der Waals surface area contributed by atoms with Gasteiger partial charge in [0.2, 0.25) is 11.8 Å². The van der Waals surface area contributed by atoms with Crippen molar-refractivity contribution in [2.24, 2.45) is 5.10 Å². The summed E-state index contributed by atoms with van der Waals surface area (Å²) in [7, 11) is 1.45. The van der Waals surface area contributed by atoms with Gasteiger partial charge in [-0.2, -0.15) is 5.10 Å². The van der Waals surface area contributed by atoms with Gasteiger partial charge in [0.15, 0.2) is 11.5 Å². The lowest BCUT2D eigenvalue weighted by Gasteiger charge is -2.10. The highest BCUT2D eigenvalue weighted by molar-refractivity contribution is 8.00. The Balaban J connectivity index is 1.54. The van der Waals surface area contributed by atoms with Crippen molar-refractivity contribution in [3.8, 4) is 17.4 Å². The molecule has 0 bridgehead atoms. The number of hydrogen-bond donors (Lipinski definition) is 1. The Bertz CT molecular complexity index is 1220. The van der Waals surface area contributed by atoms with Gasteiger partial charge in [0.05, 0.1) is 28.9 Å². The molecule has 0 saturated carbocycles. The van der Waals surface area contributed by atoms with Crippen molar-refractivity contribution in [2.45, 2.75) is 4.90 Å². The van der Waals surface area contributed by atoms with Crippen LogP contribution >= 0.6 is 11.8 Å². The second kappa shape index (κ2) is 11.4. The molecule has 1 N–H and O–H groups in total. The first kappa shape index (κ1) is 24.1. The lowest BCUT2D eigenvalue weighted by Crippen LogP contribution is -2.19. The van der Waals surface area contributed by atoms with Gasteiger partial charge >= 0.3 is 0 Å². The Morgan fingerprint density at radius 1 is 1.06 bits per heavy atom. The van der Waals surface area contributed by atoms with Gasteiger partial charge in [-0.25, -0.2) is 10.4 Å². The third-order valence-corrected chi connectivity index (χ3v) is 5.17. The first-order valence-electron chi connectivity index (χ1n) is 9.51. The van der Waals surface area contributed by atoms with Crippen LogP contribution in [0.15, 0.2) is 70.8 Å². The summed E-state index contributed by atoms with van der Waals surface area (Å²) in [6.07, 6.45) is 2.51. The van der Waals surface area contributed by atoms with Crippen molar-refractivity contribution in [3.05, 3.63) is 86.6 Å². The predicted octanol–water partition coefficient (Wildman–Crippen LogP) is 3.94. The van der Waals surface area contributed by atoms with Crippen molar-refractivity contribution in [1.29, 1.82) is 0 Å². The highest BCUT2D eigenvalue weighted by Gasteiger charge is 2.10. The van der Waals surface area contributed by atoms with E-state index in [-0.39, 0.29) is 28.9 Å². The first-order chi connectivity index (χ1) is 16.4. The second-order valence-corrected chi connectivity index (χ2v) is 7.51. The maximum atomic E-state index is 12.0. The predicted molar refractivity (Wildman–Crippen MR) is 124 cm³/mol. The van der Waals surface area contributed by atoms with Crippen molar-refractivity contribution < 1.29 is 24.1 Å². The van der Waals surface area contributed by atoms with Crippen LogP contribution in [0.4, 0.5) is 11.4 Å². The van der Waals surface area contributed by atoms with Crippen LogP contribution in [0.2, 0.25) is 0 Å². The Kier molecular flexibility index (Phi) is 8.07. The number of hydrazone groups is 1. The molecule has 3 aromatic rings. The van der Waals surface area contributed by atoms with Crippen LogP contribution in [-0.4, -0.2) is 39.8 Å². The van der Waals surface area contributed by atoms with Crippen LogP contribution in [-0.2, 0) is 4.79 Å². The second-order valence-electron chi connectivity index (χ2n) is 6.46. The minimum atomic E-state index is -0.557. The van der Waals surface area contributed by atoms with Gasteiger partial charge in [0.25, 0.3) is 11.4 Å². The van der Waals surface area contributed by atoms with Gasteiger partial charge < -0.3 is 9.47 Å². The summed E-state index contributed by atoms with van der Waals surface area (Å²) in [6.45, 7) is 0. The summed E-state index contributed by atoms with van der Waals surface area (Å²) in [6, 6.07) is 13.4. The number of nitro benzene ring substituents is 1.